The van der Waals surface area contributed by atoms with E-state index in [4.69, 9.17) is 11.6 Å². The van der Waals surface area contributed by atoms with Gasteiger partial charge in [-0.2, -0.15) is 0 Å². The van der Waals surface area contributed by atoms with Crippen molar-refractivity contribution in [3.63, 3.8) is 0 Å². The Hall–Kier alpha value is -2.03. The quantitative estimate of drug-likeness (QED) is 0.735. The van der Waals surface area contributed by atoms with Gasteiger partial charge in [0.25, 0.3) is 0 Å². The molecule has 0 saturated carbocycles. The number of halogens is 1. The predicted octanol–water partition coefficient (Wildman–Crippen LogP) is 4.64. The fraction of sp³-hybridized carbons (Fsp3) is 0.111. The number of hydrogen-bond donors (Lipinski definition) is 2. The van der Waals surface area contributed by atoms with Crippen molar-refractivity contribution >= 4 is 28.1 Å². The van der Waals surface area contributed by atoms with Crippen LogP contribution in [0, 0.1) is 0 Å². The molecule has 0 amide bonds. The Morgan fingerprint density at radius 3 is 2.52 bits per heavy atom. The van der Waals surface area contributed by atoms with Crippen LogP contribution in [0.1, 0.15) is 11.7 Å². The van der Waals surface area contributed by atoms with E-state index in [0.29, 0.717) is 11.6 Å². The van der Waals surface area contributed by atoms with Crippen LogP contribution in [-0.4, -0.2) is 11.7 Å². The highest BCUT2D eigenvalue weighted by atomic mass is 35.5. The van der Waals surface area contributed by atoms with Crippen molar-refractivity contribution in [1.29, 1.82) is 0 Å². The highest BCUT2D eigenvalue weighted by Crippen LogP contribution is 2.21. The van der Waals surface area contributed by atoms with Gasteiger partial charge in [0.05, 0.1) is 6.10 Å². The zero-order valence-electron chi connectivity index (χ0n) is 11.5. The highest BCUT2D eigenvalue weighted by molar-refractivity contribution is 6.30. The zero-order chi connectivity index (χ0) is 14.7. The third-order valence-electron chi connectivity index (χ3n) is 3.48. The standard InChI is InChI=1S/C18H16ClNO/c19-16-6-3-7-17(11-16)20-12-18(21)15-9-8-13-4-1-2-5-14(13)10-15/h1-11,18,20-21H,12H2. The minimum Gasteiger partial charge on any atom is -0.387 e. The van der Waals surface area contributed by atoms with Crippen molar-refractivity contribution in [3.8, 4) is 0 Å². The van der Waals surface area contributed by atoms with Gasteiger partial charge in [-0.1, -0.05) is 54.1 Å². The summed E-state index contributed by atoms with van der Waals surface area (Å²) in [5, 5.41) is 16.5. The third-order valence-corrected chi connectivity index (χ3v) is 3.72. The van der Waals surface area contributed by atoms with Gasteiger partial charge in [-0.25, -0.2) is 0 Å². The van der Waals surface area contributed by atoms with Crippen LogP contribution < -0.4 is 5.32 Å². The van der Waals surface area contributed by atoms with Crippen LogP contribution in [0.3, 0.4) is 0 Å². The van der Waals surface area contributed by atoms with E-state index in [1.165, 1.54) is 5.39 Å². The van der Waals surface area contributed by atoms with E-state index in [2.05, 4.69) is 17.4 Å². The molecule has 3 aromatic rings. The Morgan fingerprint density at radius 1 is 0.905 bits per heavy atom. The van der Waals surface area contributed by atoms with Crippen LogP contribution in [0.4, 0.5) is 5.69 Å². The van der Waals surface area contributed by atoms with E-state index in [-0.39, 0.29) is 0 Å². The average molecular weight is 298 g/mol. The monoisotopic (exact) mass is 297 g/mol. The van der Waals surface area contributed by atoms with Crippen molar-refractivity contribution in [3.05, 3.63) is 77.3 Å². The lowest BCUT2D eigenvalue weighted by molar-refractivity contribution is 0.192. The van der Waals surface area contributed by atoms with E-state index in [0.717, 1.165) is 16.6 Å². The van der Waals surface area contributed by atoms with Crippen molar-refractivity contribution < 1.29 is 5.11 Å². The third kappa shape index (κ3) is 3.35. The number of anilines is 1. The Kier molecular flexibility index (Phi) is 4.09. The summed E-state index contributed by atoms with van der Waals surface area (Å²) in [5.74, 6) is 0. The van der Waals surface area contributed by atoms with E-state index < -0.39 is 6.10 Å². The maximum absolute atomic E-state index is 10.3. The average Bonchev–Trinajstić information content (AvgIpc) is 2.52. The highest BCUT2D eigenvalue weighted by Gasteiger charge is 2.08. The van der Waals surface area contributed by atoms with Gasteiger partial charge in [-0.15, -0.1) is 0 Å². The van der Waals surface area contributed by atoms with Crippen LogP contribution in [0.2, 0.25) is 5.02 Å². The molecule has 0 bridgehead atoms. The molecular weight excluding hydrogens is 282 g/mol. The lowest BCUT2D eigenvalue weighted by atomic mass is 10.0. The fourth-order valence-electron chi connectivity index (χ4n) is 2.35. The first kappa shape index (κ1) is 13.9. The van der Waals surface area contributed by atoms with Gasteiger partial charge in [0.2, 0.25) is 0 Å². The van der Waals surface area contributed by atoms with Crippen molar-refractivity contribution in [2.24, 2.45) is 0 Å². The van der Waals surface area contributed by atoms with Gasteiger partial charge in [0, 0.05) is 17.3 Å². The van der Waals surface area contributed by atoms with E-state index in [1.807, 2.05) is 54.6 Å². The first-order valence-corrected chi connectivity index (χ1v) is 7.26. The first-order chi connectivity index (χ1) is 10.2. The SMILES string of the molecule is OC(CNc1cccc(Cl)c1)c1ccc2ccccc2c1. The Labute approximate surface area is 129 Å². The number of nitrogens with one attached hydrogen (secondary N) is 1. The molecule has 0 fully saturated rings. The molecular formula is C18H16ClNO. The van der Waals surface area contributed by atoms with Crippen LogP contribution in [0.5, 0.6) is 0 Å². The first-order valence-electron chi connectivity index (χ1n) is 6.88. The minimum atomic E-state index is -0.561. The number of benzene rings is 3. The molecule has 3 heteroatoms. The molecule has 0 aliphatic rings. The summed E-state index contributed by atoms with van der Waals surface area (Å²) in [6, 6.07) is 21.6. The van der Waals surface area contributed by atoms with Gasteiger partial charge in [0.1, 0.15) is 0 Å². The van der Waals surface area contributed by atoms with Gasteiger partial charge >= 0.3 is 0 Å². The second-order valence-electron chi connectivity index (χ2n) is 5.01. The number of rotatable bonds is 4. The lowest BCUT2D eigenvalue weighted by Crippen LogP contribution is -2.12. The Bertz CT molecular complexity index is 757. The largest absolute Gasteiger partial charge is 0.387 e. The molecule has 3 rings (SSSR count). The molecule has 0 aromatic heterocycles. The Morgan fingerprint density at radius 2 is 1.71 bits per heavy atom. The maximum atomic E-state index is 10.3. The molecule has 0 saturated heterocycles. The smallest absolute Gasteiger partial charge is 0.0962 e. The summed E-state index contributed by atoms with van der Waals surface area (Å²) in [4.78, 5) is 0. The molecule has 3 aromatic carbocycles. The predicted molar refractivity (Wildman–Crippen MR) is 88.8 cm³/mol. The molecule has 0 aliphatic carbocycles. The molecule has 0 aliphatic heterocycles. The summed E-state index contributed by atoms with van der Waals surface area (Å²) in [7, 11) is 0. The summed E-state index contributed by atoms with van der Waals surface area (Å²) < 4.78 is 0. The van der Waals surface area contributed by atoms with Gasteiger partial charge in [-0.3, -0.25) is 0 Å². The normalized spacial score (nSPS) is 12.3. The molecule has 2 nitrogen and oxygen atoms in total. The Balaban J connectivity index is 1.73. The lowest BCUT2D eigenvalue weighted by Gasteiger charge is -2.14. The van der Waals surface area contributed by atoms with Gasteiger partial charge in [0.15, 0.2) is 0 Å². The molecule has 106 valence electrons. The molecule has 0 spiro atoms. The molecule has 2 N–H and O–H groups in total. The molecule has 21 heavy (non-hydrogen) atoms. The zero-order valence-corrected chi connectivity index (χ0v) is 12.2. The van der Waals surface area contributed by atoms with Crippen LogP contribution >= 0.6 is 11.6 Å². The van der Waals surface area contributed by atoms with Crippen LogP contribution in [-0.2, 0) is 0 Å². The van der Waals surface area contributed by atoms with Crippen LogP contribution in [0.25, 0.3) is 10.8 Å². The number of aliphatic hydroxyl groups excluding tert-OH is 1. The topological polar surface area (TPSA) is 32.3 Å². The number of aliphatic hydroxyl groups is 1. The van der Waals surface area contributed by atoms with E-state index in [1.54, 1.807) is 0 Å². The summed E-state index contributed by atoms with van der Waals surface area (Å²) in [6.45, 7) is 0.443. The minimum absolute atomic E-state index is 0.443. The van der Waals surface area contributed by atoms with Crippen molar-refractivity contribution in [2.75, 3.05) is 11.9 Å². The van der Waals surface area contributed by atoms with Gasteiger partial charge in [-0.05, 0) is 40.6 Å². The molecule has 0 radical (unpaired) electrons. The van der Waals surface area contributed by atoms with Crippen molar-refractivity contribution in [1.82, 2.24) is 0 Å². The summed E-state index contributed by atoms with van der Waals surface area (Å²) in [6.07, 6.45) is -0.561. The summed E-state index contributed by atoms with van der Waals surface area (Å²) in [5.41, 5.74) is 1.81. The van der Waals surface area contributed by atoms with E-state index in [9.17, 15) is 5.11 Å². The van der Waals surface area contributed by atoms with Crippen molar-refractivity contribution in [2.45, 2.75) is 6.10 Å². The fourth-order valence-corrected chi connectivity index (χ4v) is 2.54. The molecule has 1 atom stereocenters. The van der Waals surface area contributed by atoms with Gasteiger partial charge < -0.3 is 10.4 Å². The second-order valence-corrected chi connectivity index (χ2v) is 5.45. The maximum Gasteiger partial charge on any atom is 0.0962 e. The second kappa shape index (κ2) is 6.17. The van der Waals surface area contributed by atoms with Crippen LogP contribution in [0.15, 0.2) is 66.7 Å². The number of fused-ring (bicyclic) bond motifs is 1. The van der Waals surface area contributed by atoms with E-state index >= 15 is 0 Å². The molecule has 0 heterocycles. The summed E-state index contributed by atoms with van der Waals surface area (Å²) >= 11 is 5.94. The number of hydrogen-bond acceptors (Lipinski definition) is 2. The molecule has 1 unspecified atom stereocenters.